The minimum atomic E-state index is -0.482. The van der Waals surface area contributed by atoms with Gasteiger partial charge in [0.2, 0.25) is 0 Å². The first-order chi connectivity index (χ1) is 10.9. The van der Waals surface area contributed by atoms with Gasteiger partial charge in [-0.15, -0.1) is 0 Å². The van der Waals surface area contributed by atoms with E-state index in [0.717, 1.165) is 18.6 Å². The average molecular weight is 316 g/mol. The van der Waals surface area contributed by atoms with Crippen molar-refractivity contribution in [2.75, 3.05) is 13.1 Å². The molecule has 0 radical (unpaired) electrons. The topological polar surface area (TPSA) is 62.1 Å². The van der Waals surface area contributed by atoms with Crippen LogP contribution in [-0.4, -0.2) is 40.6 Å². The zero-order valence-corrected chi connectivity index (χ0v) is 14.0. The second-order valence-corrected chi connectivity index (χ2v) is 7.43. The third-order valence-corrected chi connectivity index (χ3v) is 4.83. The van der Waals surface area contributed by atoms with Gasteiger partial charge in [0, 0.05) is 24.9 Å². The average Bonchev–Trinajstić information content (AvgIpc) is 2.80. The fourth-order valence-electron chi connectivity index (χ4n) is 3.73. The van der Waals surface area contributed by atoms with Crippen molar-refractivity contribution in [2.24, 2.45) is 5.16 Å². The van der Waals surface area contributed by atoms with Gasteiger partial charge in [0.15, 0.2) is 0 Å². The Morgan fingerprint density at radius 1 is 1.26 bits per heavy atom. The lowest BCUT2D eigenvalue weighted by Crippen LogP contribution is -2.48. The molecular formula is C18H24N2O3. The molecule has 0 bridgehead atoms. The molecule has 3 rings (SSSR count). The number of likely N-dealkylation sites (tertiary alicyclic amines) is 1. The highest BCUT2D eigenvalue weighted by Crippen LogP contribution is 2.44. The number of benzene rings is 1. The lowest BCUT2D eigenvalue weighted by atomic mass is 9.73. The Bertz CT molecular complexity index is 638. The summed E-state index contributed by atoms with van der Waals surface area (Å²) in [6.07, 6.45) is 1.96. The highest BCUT2D eigenvalue weighted by atomic mass is 16.6. The van der Waals surface area contributed by atoms with Crippen LogP contribution in [0, 0.1) is 0 Å². The van der Waals surface area contributed by atoms with E-state index in [1.165, 1.54) is 11.1 Å². The number of oxime groups is 1. The molecule has 1 aromatic rings. The molecule has 1 spiro atoms. The fourth-order valence-corrected chi connectivity index (χ4v) is 3.73. The van der Waals surface area contributed by atoms with Crippen LogP contribution in [0.25, 0.3) is 0 Å². The third-order valence-electron chi connectivity index (χ3n) is 4.83. The normalized spacial score (nSPS) is 21.5. The van der Waals surface area contributed by atoms with Gasteiger partial charge in [-0.2, -0.15) is 0 Å². The molecule has 1 fully saturated rings. The molecule has 0 aromatic heterocycles. The van der Waals surface area contributed by atoms with Gasteiger partial charge in [-0.1, -0.05) is 29.4 Å². The number of nitrogens with zero attached hydrogens (tertiary/aromatic N) is 2. The van der Waals surface area contributed by atoms with Crippen LogP contribution >= 0.6 is 0 Å². The van der Waals surface area contributed by atoms with Crippen molar-refractivity contribution in [1.29, 1.82) is 0 Å². The van der Waals surface area contributed by atoms with Crippen molar-refractivity contribution in [3.63, 3.8) is 0 Å². The Labute approximate surface area is 136 Å². The Morgan fingerprint density at radius 2 is 1.91 bits per heavy atom. The van der Waals surface area contributed by atoms with E-state index in [9.17, 15) is 10.0 Å². The van der Waals surface area contributed by atoms with Crippen LogP contribution in [0.3, 0.4) is 0 Å². The standard InChI is InChI=1S/C18H24N2O3/c1-17(2,3)23-16(21)20-10-8-18(9-11-20)14-7-5-4-6-13(14)12-15(18)19-22/h4-7,22H,8-12H2,1-3H3/b19-15+. The maximum atomic E-state index is 12.2. The second-order valence-electron chi connectivity index (χ2n) is 7.43. The molecule has 1 heterocycles. The molecule has 5 nitrogen and oxygen atoms in total. The number of rotatable bonds is 0. The molecule has 5 heteroatoms. The van der Waals surface area contributed by atoms with Gasteiger partial charge in [-0.3, -0.25) is 0 Å². The van der Waals surface area contributed by atoms with E-state index in [2.05, 4.69) is 17.3 Å². The Kier molecular flexibility index (Phi) is 3.82. The molecule has 2 aliphatic rings. The van der Waals surface area contributed by atoms with E-state index in [1.807, 2.05) is 32.9 Å². The summed E-state index contributed by atoms with van der Waals surface area (Å²) >= 11 is 0. The first kappa shape index (κ1) is 15.8. The summed E-state index contributed by atoms with van der Waals surface area (Å²) in [5.74, 6) is 0. The van der Waals surface area contributed by atoms with Gasteiger partial charge in [0.25, 0.3) is 0 Å². The number of carbonyl (C=O) groups excluding carboxylic acids is 1. The van der Waals surface area contributed by atoms with Crippen LogP contribution in [0.1, 0.15) is 44.7 Å². The van der Waals surface area contributed by atoms with E-state index in [0.29, 0.717) is 19.5 Å². The van der Waals surface area contributed by atoms with Crippen molar-refractivity contribution in [3.05, 3.63) is 35.4 Å². The van der Waals surface area contributed by atoms with Gasteiger partial charge >= 0.3 is 6.09 Å². The molecule has 1 aliphatic carbocycles. The molecule has 0 atom stereocenters. The Balaban J connectivity index is 1.79. The van der Waals surface area contributed by atoms with Crippen molar-refractivity contribution in [1.82, 2.24) is 4.90 Å². The van der Waals surface area contributed by atoms with Crippen LogP contribution in [0.15, 0.2) is 29.4 Å². The summed E-state index contributed by atoms with van der Waals surface area (Å²) in [5, 5.41) is 13.1. The van der Waals surface area contributed by atoms with Crippen molar-refractivity contribution >= 4 is 11.8 Å². The van der Waals surface area contributed by atoms with E-state index in [1.54, 1.807) is 4.90 Å². The number of hydrogen-bond acceptors (Lipinski definition) is 4. The number of fused-ring (bicyclic) bond motifs is 2. The van der Waals surface area contributed by atoms with Gasteiger partial charge < -0.3 is 14.8 Å². The predicted octanol–water partition coefficient (Wildman–Crippen LogP) is 3.34. The minimum absolute atomic E-state index is 0.232. The molecule has 1 N–H and O–H groups in total. The lowest BCUT2D eigenvalue weighted by Gasteiger charge is -2.40. The SMILES string of the molecule is CC(C)(C)OC(=O)N1CCC2(CC1)/C(=N/O)Cc1ccccc12. The number of amides is 1. The number of ether oxygens (including phenoxy) is 1. The second kappa shape index (κ2) is 5.55. The lowest BCUT2D eigenvalue weighted by molar-refractivity contribution is 0.0189. The van der Waals surface area contributed by atoms with E-state index < -0.39 is 5.60 Å². The molecule has 1 aliphatic heterocycles. The fraction of sp³-hybridized carbons (Fsp3) is 0.556. The summed E-state index contributed by atoms with van der Waals surface area (Å²) in [6.45, 7) is 6.85. The summed E-state index contributed by atoms with van der Waals surface area (Å²) < 4.78 is 5.46. The first-order valence-corrected chi connectivity index (χ1v) is 8.13. The van der Waals surface area contributed by atoms with Crippen LogP contribution in [0.4, 0.5) is 4.79 Å². The maximum Gasteiger partial charge on any atom is 0.410 e. The monoisotopic (exact) mass is 316 g/mol. The zero-order valence-electron chi connectivity index (χ0n) is 14.0. The number of carbonyl (C=O) groups is 1. The summed E-state index contributed by atoms with van der Waals surface area (Å²) in [4.78, 5) is 14.0. The van der Waals surface area contributed by atoms with Crippen LogP contribution in [0.2, 0.25) is 0 Å². The number of piperidine rings is 1. The van der Waals surface area contributed by atoms with Crippen LogP contribution in [-0.2, 0) is 16.6 Å². The Morgan fingerprint density at radius 3 is 2.52 bits per heavy atom. The molecule has 1 saturated heterocycles. The molecule has 124 valence electrons. The van der Waals surface area contributed by atoms with Gasteiger partial charge in [-0.25, -0.2) is 4.79 Å². The molecule has 23 heavy (non-hydrogen) atoms. The smallest absolute Gasteiger partial charge is 0.410 e. The van der Waals surface area contributed by atoms with E-state index in [4.69, 9.17) is 4.74 Å². The van der Waals surface area contributed by atoms with Crippen molar-refractivity contribution < 1.29 is 14.7 Å². The first-order valence-electron chi connectivity index (χ1n) is 8.13. The summed E-state index contributed by atoms with van der Waals surface area (Å²) in [7, 11) is 0. The van der Waals surface area contributed by atoms with Crippen LogP contribution < -0.4 is 0 Å². The highest BCUT2D eigenvalue weighted by molar-refractivity contribution is 6.00. The van der Waals surface area contributed by atoms with Crippen molar-refractivity contribution in [3.8, 4) is 0 Å². The predicted molar refractivity (Wildman–Crippen MR) is 88.1 cm³/mol. The zero-order chi connectivity index (χ0) is 16.7. The molecule has 1 aromatic carbocycles. The largest absolute Gasteiger partial charge is 0.444 e. The van der Waals surface area contributed by atoms with E-state index >= 15 is 0 Å². The third kappa shape index (κ3) is 2.80. The quantitative estimate of drug-likeness (QED) is 0.590. The number of hydrogen-bond donors (Lipinski definition) is 1. The molecule has 0 unspecified atom stereocenters. The minimum Gasteiger partial charge on any atom is -0.444 e. The van der Waals surface area contributed by atoms with E-state index in [-0.39, 0.29) is 11.5 Å². The van der Waals surface area contributed by atoms with Crippen molar-refractivity contribution in [2.45, 2.75) is 51.0 Å². The van der Waals surface area contributed by atoms with Crippen LogP contribution in [0.5, 0.6) is 0 Å². The molecular weight excluding hydrogens is 292 g/mol. The van der Waals surface area contributed by atoms with Gasteiger partial charge in [0.05, 0.1) is 5.71 Å². The summed E-state index contributed by atoms with van der Waals surface area (Å²) in [6, 6.07) is 8.26. The maximum absolute atomic E-state index is 12.2. The molecule has 0 saturated carbocycles. The van der Waals surface area contributed by atoms with Gasteiger partial charge in [0.1, 0.15) is 5.60 Å². The summed E-state index contributed by atoms with van der Waals surface area (Å²) in [5.41, 5.74) is 2.58. The highest BCUT2D eigenvalue weighted by Gasteiger charge is 2.47. The Hall–Kier alpha value is -2.04. The molecule has 1 amide bonds. The van der Waals surface area contributed by atoms with Gasteiger partial charge in [-0.05, 0) is 44.7 Å².